The third kappa shape index (κ3) is 3.70. The van der Waals surface area contributed by atoms with E-state index in [4.69, 9.17) is 0 Å². The van der Waals surface area contributed by atoms with Crippen LogP contribution < -0.4 is 5.32 Å². The molecule has 2 N–H and O–H groups in total. The van der Waals surface area contributed by atoms with Crippen molar-refractivity contribution in [2.24, 2.45) is 7.05 Å². The first-order chi connectivity index (χ1) is 9.88. The van der Waals surface area contributed by atoms with Crippen molar-refractivity contribution in [2.45, 2.75) is 19.4 Å². The van der Waals surface area contributed by atoms with Gasteiger partial charge in [0, 0.05) is 19.2 Å². The summed E-state index contributed by atoms with van der Waals surface area (Å²) in [7, 11) is 1.73. The molecule has 0 saturated carbocycles. The predicted molar refractivity (Wildman–Crippen MR) is 82.6 cm³/mol. The van der Waals surface area contributed by atoms with E-state index in [9.17, 15) is 14.7 Å². The van der Waals surface area contributed by atoms with E-state index in [1.807, 2.05) is 11.4 Å². The molecule has 0 aliphatic carbocycles. The van der Waals surface area contributed by atoms with Crippen LogP contribution in [0, 0.1) is 6.92 Å². The maximum atomic E-state index is 12.2. The molecule has 2 rings (SSSR count). The van der Waals surface area contributed by atoms with Crippen molar-refractivity contribution in [3.05, 3.63) is 38.3 Å². The molecule has 8 heteroatoms. The average Bonchev–Trinajstić information content (AvgIpc) is 2.96. The van der Waals surface area contributed by atoms with E-state index < -0.39 is 17.9 Å². The zero-order chi connectivity index (χ0) is 15.6. The Morgan fingerprint density at radius 3 is 2.76 bits per heavy atom. The number of carbonyl (C=O) groups excluding carboxylic acids is 1. The highest BCUT2D eigenvalue weighted by Gasteiger charge is 2.23. The van der Waals surface area contributed by atoms with E-state index >= 15 is 0 Å². The summed E-state index contributed by atoms with van der Waals surface area (Å²) < 4.78 is 2.50. The second kappa shape index (κ2) is 6.40. The van der Waals surface area contributed by atoms with E-state index in [0.29, 0.717) is 11.3 Å². The molecule has 1 amide bonds. The smallest absolute Gasteiger partial charge is 0.326 e. The first-order valence-electron chi connectivity index (χ1n) is 6.13. The summed E-state index contributed by atoms with van der Waals surface area (Å²) in [5.41, 5.74) is 1.94. The minimum atomic E-state index is -1.06. The lowest BCUT2D eigenvalue weighted by Crippen LogP contribution is -2.42. The molecule has 0 unspecified atom stereocenters. The molecule has 0 fully saturated rings. The monoisotopic (exact) mass is 371 g/mol. The second-order valence-electron chi connectivity index (χ2n) is 4.59. The highest BCUT2D eigenvalue weighted by molar-refractivity contribution is 9.11. The van der Waals surface area contributed by atoms with Gasteiger partial charge in [-0.1, -0.05) is 0 Å². The average molecular weight is 372 g/mol. The number of aliphatic carboxylic acids is 1. The summed E-state index contributed by atoms with van der Waals surface area (Å²) in [6, 6.07) is 0.876. The van der Waals surface area contributed by atoms with Gasteiger partial charge < -0.3 is 10.4 Å². The molecule has 21 heavy (non-hydrogen) atoms. The Balaban J connectivity index is 2.11. The molecule has 2 aromatic heterocycles. The van der Waals surface area contributed by atoms with Crippen LogP contribution in [0.2, 0.25) is 0 Å². The number of halogens is 1. The number of hydrogen-bond acceptors (Lipinski definition) is 4. The van der Waals surface area contributed by atoms with Crippen molar-refractivity contribution in [3.63, 3.8) is 0 Å². The fraction of sp³-hybridized carbons (Fsp3) is 0.308. The van der Waals surface area contributed by atoms with Gasteiger partial charge in [-0.15, -0.1) is 11.3 Å². The van der Waals surface area contributed by atoms with Crippen molar-refractivity contribution in [3.8, 4) is 0 Å². The van der Waals surface area contributed by atoms with Gasteiger partial charge in [0.1, 0.15) is 6.04 Å². The molecule has 0 saturated heterocycles. The molecule has 0 aromatic carbocycles. The van der Waals surface area contributed by atoms with Crippen LogP contribution in [-0.2, 0) is 18.3 Å². The van der Waals surface area contributed by atoms with Crippen LogP contribution in [0.5, 0.6) is 0 Å². The van der Waals surface area contributed by atoms with Gasteiger partial charge in [0.05, 0.1) is 15.5 Å². The van der Waals surface area contributed by atoms with E-state index in [1.165, 1.54) is 17.5 Å². The molecule has 0 spiro atoms. The number of carboxylic acid groups (broad SMARTS) is 1. The molecular formula is C13H14BrN3O3S. The number of hydrogen-bond donors (Lipinski definition) is 2. The number of aryl methyl sites for hydroxylation is 1. The Morgan fingerprint density at radius 1 is 1.57 bits per heavy atom. The lowest BCUT2D eigenvalue weighted by molar-refractivity contribution is -0.139. The Bertz CT molecular complexity index is 680. The zero-order valence-corrected chi connectivity index (χ0v) is 13.9. The van der Waals surface area contributed by atoms with Crippen molar-refractivity contribution < 1.29 is 14.7 Å². The molecule has 6 nitrogen and oxygen atoms in total. The van der Waals surface area contributed by atoms with E-state index in [2.05, 4.69) is 26.3 Å². The lowest BCUT2D eigenvalue weighted by Gasteiger charge is -2.13. The highest BCUT2D eigenvalue weighted by Crippen LogP contribution is 2.21. The quantitative estimate of drug-likeness (QED) is 0.841. The summed E-state index contributed by atoms with van der Waals surface area (Å²) in [5.74, 6) is -1.49. The van der Waals surface area contributed by atoms with Crippen molar-refractivity contribution in [1.82, 2.24) is 15.1 Å². The van der Waals surface area contributed by atoms with Gasteiger partial charge in [-0.2, -0.15) is 5.10 Å². The summed E-state index contributed by atoms with van der Waals surface area (Å²) in [4.78, 5) is 23.5. The molecule has 2 aromatic rings. The minimum absolute atomic E-state index is 0.239. The Kier molecular flexibility index (Phi) is 4.79. The highest BCUT2D eigenvalue weighted by atomic mass is 79.9. The van der Waals surface area contributed by atoms with Crippen molar-refractivity contribution in [2.75, 3.05) is 0 Å². The van der Waals surface area contributed by atoms with E-state index in [0.717, 1.165) is 9.35 Å². The lowest BCUT2D eigenvalue weighted by atomic mass is 10.1. The van der Waals surface area contributed by atoms with Gasteiger partial charge in [0.25, 0.3) is 5.91 Å². The number of carboxylic acids is 1. The van der Waals surface area contributed by atoms with E-state index in [1.54, 1.807) is 18.7 Å². The predicted octanol–water partition coefficient (Wildman–Crippen LogP) is 1.98. The van der Waals surface area contributed by atoms with Gasteiger partial charge in [-0.05, 0) is 39.9 Å². The van der Waals surface area contributed by atoms with Crippen LogP contribution in [-0.4, -0.2) is 32.8 Å². The van der Waals surface area contributed by atoms with Crippen LogP contribution in [0.4, 0.5) is 0 Å². The van der Waals surface area contributed by atoms with Crippen LogP contribution in [0.25, 0.3) is 0 Å². The molecule has 0 radical (unpaired) electrons. The maximum absolute atomic E-state index is 12.2. The Morgan fingerprint density at radius 2 is 2.29 bits per heavy atom. The summed E-state index contributed by atoms with van der Waals surface area (Å²) in [6.07, 6.45) is 1.67. The molecule has 0 aliphatic rings. The Hall–Kier alpha value is -1.67. The second-order valence-corrected chi connectivity index (χ2v) is 6.89. The SMILES string of the molecule is Cc1c(C(=O)N[C@H](Cc2csc(Br)c2)C(=O)O)cnn1C. The van der Waals surface area contributed by atoms with E-state index in [-0.39, 0.29) is 6.42 Å². The van der Waals surface area contributed by atoms with Crippen LogP contribution in [0.3, 0.4) is 0 Å². The first-order valence-corrected chi connectivity index (χ1v) is 7.81. The standard InChI is InChI=1S/C13H14BrN3O3S/c1-7-9(5-15-17(7)2)12(18)16-10(13(19)20)3-8-4-11(14)21-6-8/h4-6,10H,3H2,1-2H3,(H,16,18)(H,19,20)/t10-/m1/s1. The fourth-order valence-corrected chi connectivity index (χ4v) is 3.07. The van der Waals surface area contributed by atoms with Crippen LogP contribution in [0.1, 0.15) is 21.6 Å². The molecule has 0 aliphatic heterocycles. The molecule has 1 atom stereocenters. The molecule has 0 bridgehead atoms. The van der Waals surface area contributed by atoms with Gasteiger partial charge in [-0.25, -0.2) is 4.79 Å². The molecule has 2 heterocycles. The van der Waals surface area contributed by atoms with Gasteiger partial charge in [0.15, 0.2) is 0 Å². The van der Waals surface area contributed by atoms with Crippen LogP contribution in [0.15, 0.2) is 21.4 Å². The first kappa shape index (κ1) is 15.7. The fourth-order valence-electron chi connectivity index (χ4n) is 1.85. The summed E-state index contributed by atoms with van der Waals surface area (Å²) in [6.45, 7) is 1.76. The van der Waals surface area contributed by atoms with Crippen LogP contribution >= 0.6 is 27.3 Å². The number of nitrogens with zero attached hydrogens (tertiary/aromatic N) is 2. The summed E-state index contributed by atoms with van der Waals surface area (Å²) in [5, 5.41) is 17.7. The number of nitrogens with one attached hydrogen (secondary N) is 1. The van der Waals surface area contributed by atoms with Gasteiger partial charge >= 0.3 is 5.97 Å². The minimum Gasteiger partial charge on any atom is -0.480 e. The van der Waals surface area contributed by atoms with Gasteiger partial charge in [-0.3, -0.25) is 9.48 Å². The third-order valence-corrected chi connectivity index (χ3v) is 4.70. The maximum Gasteiger partial charge on any atom is 0.326 e. The number of rotatable bonds is 5. The zero-order valence-electron chi connectivity index (χ0n) is 11.5. The number of aromatic nitrogens is 2. The van der Waals surface area contributed by atoms with Crippen molar-refractivity contribution >= 4 is 39.1 Å². The Labute approximate surface area is 133 Å². The summed E-state index contributed by atoms with van der Waals surface area (Å²) >= 11 is 4.81. The number of amides is 1. The molecular weight excluding hydrogens is 358 g/mol. The van der Waals surface area contributed by atoms with Gasteiger partial charge in [0.2, 0.25) is 0 Å². The largest absolute Gasteiger partial charge is 0.480 e. The molecule has 112 valence electrons. The normalized spacial score (nSPS) is 12.1. The number of thiophene rings is 1. The van der Waals surface area contributed by atoms with Crippen molar-refractivity contribution in [1.29, 1.82) is 0 Å². The topological polar surface area (TPSA) is 84.2 Å². The number of carbonyl (C=O) groups is 2. The third-order valence-electron chi connectivity index (χ3n) is 3.14.